The van der Waals surface area contributed by atoms with Gasteiger partial charge >= 0.3 is 17.9 Å². The van der Waals surface area contributed by atoms with Crippen molar-refractivity contribution in [3.8, 4) is 22.3 Å². The van der Waals surface area contributed by atoms with Gasteiger partial charge in [0.1, 0.15) is 0 Å². The molecule has 0 bridgehead atoms. The highest BCUT2D eigenvalue weighted by molar-refractivity contribution is 6.48. The van der Waals surface area contributed by atoms with Gasteiger partial charge in [0.05, 0.1) is 12.0 Å². The van der Waals surface area contributed by atoms with E-state index in [1.165, 1.54) is 16.7 Å². The minimum absolute atomic E-state index is 0.0844. The summed E-state index contributed by atoms with van der Waals surface area (Å²) in [7, 11) is 0. The summed E-state index contributed by atoms with van der Waals surface area (Å²) in [6.45, 7) is 9.20. The number of aliphatic carboxylic acids is 1. The molecule has 0 unspecified atom stereocenters. The van der Waals surface area contributed by atoms with Crippen molar-refractivity contribution in [2.45, 2.75) is 85.7 Å². The first-order valence-electron chi connectivity index (χ1n) is 18.9. The molecule has 0 radical (unpaired) electrons. The third-order valence-electron chi connectivity index (χ3n) is 10.3. The molecule has 54 heavy (non-hydrogen) atoms. The van der Waals surface area contributed by atoms with Crippen LogP contribution < -0.4 is 0 Å². The van der Waals surface area contributed by atoms with Crippen molar-refractivity contribution in [2.24, 2.45) is 22.7 Å². The van der Waals surface area contributed by atoms with Crippen LogP contribution in [-0.4, -0.2) is 52.5 Å². The molecular weight excluding hydrogens is 679 g/mol. The number of carbonyl (C=O) groups is 3. The SMILES string of the molecule is CB(O)C[C@H](Cc1ccc(-c2ccccc2)cc1)CC1(C)C(=O)OC(C)(C)OC1=O.CC[C@H](Cc1ccc(-c2ccccc2)cc1)C[C@@](C)(CO)C(=O)O. The van der Waals surface area contributed by atoms with Crippen molar-refractivity contribution >= 4 is 24.8 Å². The maximum absolute atomic E-state index is 12.6. The summed E-state index contributed by atoms with van der Waals surface area (Å²) in [4.78, 5) is 36.7. The number of aliphatic hydroxyl groups excluding tert-OH is 1. The van der Waals surface area contributed by atoms with Gasteiger partial charge in [-0.1, -0.05) is 129 Å². The Morgan fingerprint density at radius 3 is 1.50 bits per heavy atom. The Morgan fingerprint density at radius 2 is 1.13 bits per heavy atom. The number of rotatable bonds is 15. The van der Waals surface area contributed by atoms with Crippen LogP contribution in [-0.2, 0) is 36.7 Å². The second kappa shape index (κ2) is 18.5. The first kappa shape index (κ1) is 42.0. The van der Waals surface area contributed by atoms with Crippen LogP contribution in [0.1, 0.15) is 65.0 Å². The van der Waals surface area contributed by atoms with Crippen molar-refractivity contribution in [2.75, 3.05) is 6.61 Å². The standard InChI is InChI=1S/C24H29BO5.C21H26O3/c1-23(2)29-21(26)24(3,22(27)30-23)15-18(16-25(4)28)14-17-10-12-20(13-11-17)19-8-6-5-7-9-19;1-3-16(14-21(2,15-22)20(23)24)13-17-9-11-19(12-10-17)18-7-5-4-6-8-18/h5-13,18,28H,14-16H2,1-4H3;4-12,16,22H,3,13-15H2,1-2H3,(H,23,24)/t18-;16-,21+/m11/s1. The molecule has 5 rings (SSSR count). The van der Waals surface area contributed by atoms with Gasteiger partial charge in [0.15, 0.2) is 5.41 Å². The number of carboxylic acid groups (broad SMARTS) is 1. The smallest absolute Gasteiger partial charge is 0.326 e. The summed E-state index contributed by atoms with van der Waals surface area (Å²) < 4.78 is 10.7. The molecule has 0 aromatic heterocycles. The van der Waals surface area contributed by atoms with E-state index in [0.717, 1.165) is 29.5 Å². The molecule has 1 fully saturated rings. The zero-order valence-electron chi connectivity index (χ0n) is 32.5. The Hall–Kier alpha value is -4.73. The Labute approximate surface area is 320 Å². The number of ether oxygens (including phenoxy) is 2. The normalized spacial score (nSPS) is 16.7. The van der Waals surface area contributed by atoms with Gasteiger partial charge in [-0.2, -0.15) is 0 Å². The highest BCUT2D eigenvalue weighted by atomic mass is 16.7. The molecule has 1 saturated heterocycles. The maximum Gasteiger partial charge on any atom is 0.326 e. The predicted octanol–water partition coefficient (Wildman–Crippen LogP) is 8.75. The molecule has 4 aromatic rings. The zero-order chi connectivity index (χ0) is 39.5. The lowest BCUT2D eigenvalue weighted by molar-refractivity contribution is -0.250. The number of aliphatic hydroxyl groups is 1. The lowest BCUT2D eigenvalue weighted by Gasteiger charge is -2.39. The number of benzene rings is 4. The van der Waals surface area contributed by atoms with Crippen molar-refractivity contribution in [1.29, 1.82) is 0 Å². The Morgan fingerprint density at radius 1 is 0.722 bits per heavy atom. The molecule has 1 aliphatic heterocycles. The summed E-state index contributed by atoms with van der Waals surface area (Å²) >= 11 is 0. The summed E-state index contributed by atoms with van der Waals surface area (Å²) in [5, 5.41) is 28.8. The highest BCUT2D eigenvalue weighted by Gasteiger charge is 2.53. The van der Waals surface area contributed by atoms with E-state index in [1.807, 2.05) is 36.4 Å². The second-order valence-electron chi connectivity index (χ2n) is 15.7. The van der Waals surface area contributed by atoms with E-state index in [1.54, 1.807) is 34.5 Å². The number of cyclic esters (lactones) is 2. The Kier molecular flexibility index (Phi) is 14.4. The number of hydrogen-bond donors (Lipinski definition) is 3. The fourth-order valence-corrected chi connectivity index (χ4v) is 7.05. The van der Waals surface area contributed by atoms with E-state index in [2.05, 4.69) is 79.7 Å². The molecule has 3 N–H and O–H groups in total. The Balaban J connectivity index is 0.000000247. The van der Waals surface area contributed by atoms with Crippen LogP contribution in [0.4, 0.5) is 0 Å². The molecule has 9 heteroatoms. The molecule has 4 aromatic carbocycles. The second-order valence-corrected chi connectivity index (χ2v) is 15.7. The predicted molar refractivity (Wildman–Crippen MR) is 214 cm³/mol. The monoisotopic (exact) mass is 734 g/mol. The van der Waals surface area contributed by atoms with Gasteiger partial charge in [-0.25, -0.2) is 0 Å². The molecule has 0 aliphatic carbocycles. The number of hydrogen-bond acceptors (Lipinski definition) is 7. The third-order valence-corrected chi connectivity index (χ3v) is 10.3. The third kappa shape index (κ3) is 11.4. The van der Waals surface area contributed by atoms with Crippen molar-refractivity contribution in [3.63, 3.8) is 0 Å². The van der Waals surface area contributed by atoms with Crippen molar-refractivity contribution < 1.29 is 39.1 Å². The quantitative estimate of drug-likeness (QED) is 0.0628. The van der Waals surface area contributed by atoms with E-state index < -0.39 is 41.4 Å². The van der Waals surface area contributed by atoms with Crippen LogP contribution in [0.15, 0.2) is 109 Å². The van der Waals surface area contributed by atoms with Crippen LogP contribution in [0.3, 0.4) is 0 Å². The van der Waals surface area contributed by atoms with E-state index in [0.29, 0.717) is 19.2 Å². The van der Waals surface area contributed by atoms with Gasteiger partial charge in [-0.3, -0.25) is 14.4 Å². The van der Waals surface area contributed by atoms with Crippen molar-refractivity contribution in [1.82, 2.24) is 0 Å². The maximum atomic E-state index is 12.6. The molecule has 286 valence electrons. The first-order valence-corrected chi connectivity index (χ1v) is 18.9. The van der Waals surface area contributed by atoms with E-state index in [4.69, 9.17) is 9.47 Å². The number of esters is 2. The highest BCUT2D eigenvalue weighted by Crippen LogP contribution is 2.39. The minimum atomic E-state index is -1.38. The van der Waals surface area contributed by atoms with E-state index in [9.17, 15) is 29.6 Å². The summed E-state index contributed by atoms with van der Waals surface area (Å²) in [5.41, 5.74) is 4.48. The largest absolute Gasteiger partial charge is 0.481 e. The molecule has 0 spiro atoms. The number of carboxylic acids is 1. The summed E-state index contributed by atoms with van der Waals surface area (Å²) in [6.07, 6.45) is 3.57. The van der Waals surface area contributed by atoms with Crippen LogP contribution in [0.2, 0.25) is 13.1 Å². The molecule has 3 atom stereocenters. The molecule has 1 aliphatic rings. The fraction of sp³-hybridized carbons (Fsp3) is 0.400. The van der Waals surface area contributed by atoms with Gasteiger partial charge in [0.2, 0.25) is 0 Å². The van der Waals surface area contributed by atoms with Crippen LogP contribution in [0.5, 0.6) is 0 Å². The van der Waals surface area contributed by atoms with Crippen LogP contribution in [0.25, 0.3) is 22.3 Å². The van der Waals surface area contributed by atoms with Gasteiger partial charge in [0, 0.05) is 13.8 Å². The average Bonchev–Trinajstić information content (AvgIpc) is 3.14. The average molecular weight is 735 g/mol. The number of carbonyl (C=O) groups excluding carboxylic acids is 2. The summed E-state index contributed by atoms with van der Waals surface area (Å²) in [5.74, 6) is -3.17. The topological polar surface area (TPSA) is 130 Å². The lowest BCUT2D eigenvalue weighted by atomic mass is 9.60. The van der Waals surface area contributed by atoms with Gasteiger partial charge in [-0.05, 0) is 91.1 Å². The zero-order valence-corrected chi connectivity index (χ0v) is 32.5. The molecule has 0 amide bonds. The van der Waals surface area contributed by atoms with E-state index >= 15 is 0 Å². The van der Waals surface area contributed by atoms with Crippen LogP contribution in [0, 0.1) is 22.7 Å². The molecule has 0 saturated carbocycles. The molecular formula is C45H55BO8. The Bertz CT molecular complexity index is 1790. The molecule has 8 nitrogen and oxygen atoms in total. The molecule has 1 heterocycles. The lowest BCUT2D eigenvalue weighted by Crippen LogP contribution is -2.53. The van der Waals surface area contributed by atoms with Gasteiger partial charge in [-0.15, -0.1) is 0 Å². The van der Waals surface area contributed by atoms with Crippen LogP contribution >= 0.6 is 0 Å². The fourth-order valence-electron chi connectivity index (χ4n) is 7.05. The van der Waals surface area contributed by atoms with Crippen molar-refractivity contribution in [3.05, 3.63) is 120 Å². The van der Waals surface area contributed by atoms with Gasteiger partial charge in [0.25, 0.3) is 12.7 Å². The first-order chi connectivity index (χ1) is 25.6. The minimum Gasteiger partial charge on any atom is -0.481 e. The summed E-state index contributed by atoms with van der Waals surface area (Å²) in [6, 6.07) is 37.0. The van der Waals surface area contributed by atoms with E-state index in [-0.39, 0.29) is 24.9 Å². The van der Waals surface area contributed by atoms with Gasteiger partial charge < -0.3 is 24.7 Å².